The predicted molar refractivity (Wildman–Crippen MR) is 106 cm³/mol. The Balaban J connectivity index is 1.56. The van der Waals surface area contributed by atoms with Crippen LogP contribution in [0.25, 0.3) is 11.1 Å². The van der Waals surface area contributed by atoms with Crippen molar-refractivity contribution >= 4 is 17.0 Å². The summed E-state index contributed by atoms with van der Waals surface area (Å²) in [6, 6.07) is 9.64. The molecule has 1 fully saturated rings. The molecule has 1 amide bonds. The number of carbonyl (C=O) groups is 1. The van der Waals surface area contributed by atoms with E-state index in [0.29, 0.717) is 41.4 Å². The summed E-state index contributed by atoms with van der Waals surface area (Å²) >= 11 is 0. The van der Waals surface area contributed by atoms with Crippen LogP contribution in [0, 0.1) is 6.92 Å². The number of nitrogens with zero attached hydrogens (tertiary/aromatic N) is 3. The van der Waals surface area contributed by atoms with Crippen LogP contribution >= 0.6 is 0 Å². The number of aryl methyl sites for hydroxylation is 1. The van der Waals surface area contributed by atoms with Gasteiger partial charge in [-0.25, -0.2) is 4.98 Å². The number of hydrogen-bond acceptors (Lipinski definition) is 5. The number of benzene rings is 1. The molecule has 1 aliphatic rings. The molecule has 0 spiro atoms. The Bertz CT molecular complexity index is 1020. The van der Waals surface area contributed by atoms with Gasteiger partial charge in [-0.15, -0.1) is 0 Å². The van der Waals surface area contributed by atoms with Gasteiger partial charge in [-0.1, -0.05) is 29.9 Å². The van der Waals surface area contributed by atoms with Gasteiger partial charge in [-0.3, -0.25) is 4.79 Å². The molecule has 0 unspecified atom stereocenters. The van der Waals surface area contributed by atoms with Crippen molar-refractivity contribution in [2.45, 2.75) is 32.2 Å². The number of fused-ring (bicyclic) bond motifs is 1. The highest BCUT2D eigenvalue weighted by molar-refractivity contribution is 6.06. The van der Waals surface area contributed by atoms with Crippen LogP contribution in [0.15, 0.2) is 47.5 Å². The van der Waals surface area contributed by atoms with Crippen LogP contribution in [0.3, 0.4) is 0 Å². The van der Waals surface area contributed by atoms with Crippen LogP contribution in [-0.2, 0) is 6.54 Å². The number of aromatic nitrogens is 2. The molecule has 1 aromatic carbocycles. The van der Waals surface area contributed by atoms with Crippen LogP contribution in [0.5, 0.6) is 5.75 Å². The first-order valence-corrected chi connectivity index (χ1v) is 9.42. The van der Waals surface area contributed by atoms with Crippen molar-refractivity contribution in [2.75, 3.05) is 13.7 Å². The molecule has 1 saturated carbocycles. The van der Waals surface area contributed by atoms with E-state index in [4.69, 9.17) is 9.26 Å². The molecule has 4 rings (SSSR count). The fraction of sp³-hybridized carbons (Fsp3) is 0.318. The molecule has 0 aliphatic heterocycles. The molecular formula is C22H23N3O3. The second-order valence-electron chi connectivity index (χ2n) is 7.22. The second-order valence-corrected chi connectivity index (χ2v) is 7.22. The summed E-state index contributed by atoms with van der Waals surface area (Å²) in [5.74, 6) is 1.14. The van der Waals surface area contributed by atoms with Gasteiger partial charge >= 0.3 is 0 Å². The average molecular weight is 377 g/mol. The molecule has 6 nitrogen and oxygen atoms in total. The summed E-state index contributed by atoms with van der Waals surface area (Å²) in [6.45, 7) is 6.44. The Hall–Kier alpha value is -3.15. The van der Waals surface area contributed by atoms with E-state index in [2.05, 4.69) is 16.7 Å². The zero-order valence-corrected chi connectivity index (χ0v) is 16.1. The van der Waals surface area contributed by atoms with Gasteiger partial charge in [0.05, 0.1) is 16.6 Å². The minimum absolute atomic E-state index is 0.0624. The highest BCUT2D eigenvalue weighted by Crippen LogP contribution is 2.40. The standard InChI is InChI=1S/C22H23N3O3/c1-4-11-27-17-9-5-15(6-10-17)13-25(3)22(26)18-12-19(16-7-8-16)23-21-20(18)14(2)24-28-21/h4-6,9-10,12,16H,1,7-8,11,13H2,2-3H3. The Labute approximate surface area is 163 Å². The lowest BCUT2D eigenvalue weighted by atomic mass is 10.1. The summed E-state index contributed by atoms with van der Waals surface area (Å²) in [6.07, 6.45) is 3.92. The van der Waals surface area contributed by atoms with E-state index >= 15 is 0 Å². The third-order valence-corrected chi connectivity index (χ3v) is 4.92. The van der Waals surface area contributed by atoms with Gasteiger partial charge in [0.1, 0.15) is 12.4 Å². The third-order valence-electron chi connectivity index (χ3n) is 4.92. The van der Waals surface area contributed by atoms with Crippen molar-refractivity contribution < 1.29 is 14.1 Å². The first kappa shape index (κ1) is 18.2. The van der Waals surface area contributed by atoms with Crippen molar-refractivity contribution in [1.82, 2.24) is 15.0 Å². The summed E-state index contributed by atoms with van der Waals surface area (Å²) in [7, 11) is 1.80. The van der Waals surface area contributed by atoms with Crippen molar-refractivity contribution in [2.24, 2.45) is 0 Å². The van der Waals surface area contributed by atoms with Gasteiger partial charge in [0.2, 0.25) is 0 Å². The molecule has 0 atom stereocenters. The molecule has 6 heteroatoms. The normalized spacial score (nSPS) is 13.5. The molecule has 0 bridgehead atoms. The van der Waals surface area contributed by atoms with E-state index in [-0.39, 0.29) is 5.91 Å². The Kier molecular flexibility index (Phi) is 4.86. The van der Waals surface area contributed by atoms with Gasteiger partial charge in [0.15, 0.2) is 0 Å². The van der Waals surface area contributed by atoms with Crippen LogP contribution in [0.2, 0.25) is 0 Å². The lowest BCUT2D eigenvalue weighted by Gasteiger charge is -2.18. The lowest BCUT2D eigenvalue weighted by Crippen LogP contribution is -2.26. The maximum atomic E-state index is 13.2. The Morgan fingerprint density at radius 3 is 2.79 bits per heavy atom. The van der Waals surface area contributed by atoms with Crippen LogP contribution in [0.4, 0.5) is 0 Å². The average Bonchev–Trinajstić information content (AvgIpc) is 3.49. The van der Waals surface area contributed by atoms with E-state index in [1.807, 2.05) is 37.3 Å². The molecule has 144 valence electrons. The predicted octanol–water partition coefficient (Wildman–Crippen LogP) is 4.25. The first-order valence-electron chi connectivity index (χ1n) is 9.42. The van der Waals surface area contributed by atoms with Gasteiger partial charge in [-0.2, -0.15) is 0 Å². The highest BCUT2D eigenvalue weighted by atomic mass is 16.5. The zero-order valence-electron chi connectivity index (χ0n) is 16.1. The minimum atomic E-state index is -0.0624. The Morgan fingerprint density at radius 1 is 1.36 bits per heavy atom. The van der Waals surface area contributed by atoms with Crippen LogP contribution in [0.1, 0.15) is 46.1 Å². The van der Waals surface area contributed by atoms with E-state index in [1.165, 1.54) is 0 Å². The molecule has 1 aliphatic carbocycles. The van der Waals surface area contributed by atoms with Gasteiger partial charge < -0.3 is 14.2 Å². The Morgan fingerprint density at radius 2 is 2.11 bits per heavy atom. The fourth-order valence-electron chi connectivity index (χ4n) is 3.27. The highest BCUT2D eigenvalue weighted by Gasteiger charge is 2.29. The minimum Gasteiger partial charge on any atom is -0.490 e. The lowest BCUT2D eigenvalue weighted by molar-refractivity contribution is 0.0786. The van der Waals surface area contributed by atoms with Crippen molar-refractivity contribution in [3.63, 3.8) is 0 Å². The molecule has 2 aromatic heterocycles. The smallest absolute Gasteiger partial charge is 0.259 e. The van der Waals surface area contributed by atoms with E-state index < -0.39 is 0 Å². The maximum Gasteiger partial charge on any atom is 0.259 e. The molecule has 0 saturated heterocycles. The fourth-order valence-corrected chi connectivity index (χ4v) is 3.27. The largest absolute Gasteiger partial charge is 0.490 e. The summed E-state index contributed by atoms with van der Waals surface area (Å²) in [5, 5.41) is 4.71. The molecule has 2 heterocycles. The van der Waals surface area contributed by atoms with E-state index in [1.54, 1.807) is 18.0 Å². The van der Waals surface area contributed by atoms with Crippen molar-refractivity contribution in [3.05, 3.63) is 65.5 Å². The van der Waals surface area contributed by atoms with Gasteiger partial charge in [0.25, 0.3) is 11.6 Å². The molecule has 3 aromatic rings. The third kappa shape index (κ3) is 3.63. The van der Waals surface area contributed by atoms with Crippen molar-refractivity contribution in [3.8, 4) is 5.75 Å². The van der Waals surface area contributed by atoms with E-state index in [0.717, 1.165) is 29.8 Å². The molecule has 0 radical (unpaired) electrons. The first-order chi connectivity index (χ1) is 13.6. The van der Waals surface area contributed by atoms with Crippen LogP contribution < -0.4 is 4.74 Å². The number of pyridine rings is 1. The van der Waals surface area contributed by atoms with E-state index in [9.17, 15) is 4.79 Å². The maximum absolute atomic E-state index is 13.2. The summed E-state index contributed by atoms with van der Waals surface area (Å²) in [5.41, 5.74) is 3.69. The molecule has 28 heavy (non-hydrogen) atoms. The van der Waals surface area contributed by atoms with Crippen molar-refractivity contribution in [1.29, 1.82) is 0 Å². The monoisotopic (exact) mass is 377 g/mol. The summed E-state index contributed by atoms with van der Waals surface area (Å²) < 4.78 is 10.9. The van der Waals surface area contributed by atoms with Gasteiger partial charge in [-0.05, 0) is 43.5 Å². The zero-order chi connectivity index (χ0) is 19.7. The summed E-state index contributed by atoms with van der Waals surface area (Å²) in [4.78, 5) is 19.5. The topological polar surface area (TPSA) is 68.5 Å². The SMILES string of the molecule is C=CCOc1ccc(CN(C)C(=O)c2cc(C3CC3)nc3onc(C)c23)cc1. The quantitative estimate of drug-likeness (QED) is 0.576. The van der Waals surface area contributed by atoms with Crippen LogP contribution in [-0.4, -0.2) is 34.6 Å². The number of ether oxygens (including phenoxy) is 1. The number of hydrogen-bond donors (Lipinski definition) is 0. The second kappa shape index (κ2) is 7.46. The van der Waals surface area contributed by atoms with Gasteiger partial charge in [0, 0.05) is 25.2 Å². The molecular weight excluding hydrogens is 354 g/mol. The molecule has 0 N–H and O–H groups in total. The number of carbonyl (C=O) groups excluding carboxylic acids is 1. The number of rotatable bonds is 7. The number of amides is 1.